The standard InChI is InChI=1S/C7H11NO6/c9-4-3-14-8(2-1-5(10)11)7(13)6(4)12/h4,6,9,12H,1-3H2,(H,10,11)/t4-,6-/m1/s1. The molecular weight excluding hydrogens is 194 g/mol. The molecule has 1 amide bonds. The van der Waals surface area contributed by atoms with Crippen LogP contribution in [-0.2, 0) is 14.4 Å². The number of amides is 1. The molecule has 0 radical (unpaired) electrons. The molecule has 80 valence electrons. The van der Waals surface area contributed by atoms with Gasteiger partial charge in [0.2, 0.25) is 0 Å². The number of aliphatic hydroxyl groups is 2. The van der Waals surface area contributed by atoms with Crippen LogP contribution < -0.4 is 0 Å². The van der Waals surface area contributed by atoms with Crippen molar-refractivity contribution in [3.8, 4) is 0 Å². The number of nitrogens with zero attached hydrogens (tertiary/aromatic N) is 1. The number of aliphatic hydroxyl groups excluding tert-OH is 2. The van der Waals surface area contributed by atoms with E-state index in [9.17, 15) is 9.59 Å². The molecule has 0 bridgehead atoms. The lowest BCUT2D eigenvalue weighted by atomic mass is 10.2. The predicted octanol–water partition coefficient (Wildman–Crippen LogP) is -2.04. The van der Waals surface area contributed by atoms with E-state index in [2.05, 4.69) is 0 Å². The molecule has 0 unspecified atom stereocenters. The summed E-state index contributed by atoms with van der Waals surface area (Å²) < 4.78 is 0. The third-order valence-electron chi connectivity index (χ3n) is 1.79. The van der Waals surface area contributed by atoms with Crippen LogP contribution in [0.4, 0.5) is 0 Å². The molecular formula is C7H11NO6. The van der Waals surface area contributed by atoms with E-state index in [-0.39, 0.29) is 19.6 Å². The first-order valence-corrected chi connectivity index (χ1v) is 4.04. The van der Waals surface area contributed by atoms with E-state index in [0.29, 0.717) is 0 Å². The largest absolute Gasteiger partial charge is 0.481 e. The summed E-state index contributed by atoms with van der Waals surface area (Å²) in [6.07, 6.45) is -3.05. The highest BCUT2D eigenvalue weighted by Crippen LogP contribution is 2.09. The van der Waals surface area contributed by atoms with Gasteiger partial charge in [0.1, 0.15) is 12.7 Å². The maximum atomic E-state index is 11.1. The van der Waals surface area contributed by atoms with E-state index in [1.807, 2.05) is 0 Å². The molecule has 1 rings (SSSR count). The van der Waals surface area contributed by atoms with Crippen molar-refractivity contribution in [2.75, 3.05) is 13.2 Å². The maximum absolute atomic E-state index is 11.1. The predicted molar refractivity (Wildman–Crippen MR) is 41.9 cm³/mol. The van der Waals surface area contributed by atoms with Gasteiger partial charge in [0.05, 0.1) is 13.0 Å². The van der Waals surface area contributed by atoms with Crippen molar-refractivity contribution in [1.29, 1.82) is 0 Å². The lowest BCUT2D eigenvalue weighted by Gasteiger charge is -2.31. The summed E-state index contributed by atoms with van der Waals surface area (Å²) in [7, 11) is 0. The van der Waals surface area contributed by atoms with Gasteiger partial charge >= 0.3 is 5.97 Å². The van der Waals surface area contributed by atoms with Crippen molar-refractivity contribution >= 4 is 11.9 Å². The Morgan fingerprint density at radius 2 is 2.21 bits per heavy atom. The van der Waals surface area contributed by atoms with Crippen LogP contribution >= 0.6 is 0 Å². The number of carboxylic acid groups (broad SMARTS) is 1. The Morgan fingerprint density at radius 1 is 1.57 bits per heavy atom. The van der Waals surface area contributed by atoms with Crippen molar-refractivity contribution in [2.24, 2.45) is 0 Å². The Labute approximate surface area is 79.5 Å². The highest BCUT2D eigenvalue weighted by Gasteiger charge is 2.35. The highest BCUT2D eigenvalue weighted by molar-refractivity contribution is 5.81. The van der Waals surface area contributed by atoms with Crippen LogP contribution in [0.1, 0.15) is 6.42 Å². The van der Waals surface area contributed by atoms with Crippen molar-refractivity contribution in [3.63, 3.8) is 0 Å². The van der Waals surface area contributed by atoms with Crippen LogP contribution in [-0.4, -0.2) is 57.6 Å². The van der Waals surface area contributed by atoms with Gasteiger partial charge in [-0.1, -0.05) is 0 Å². The molecule has 0 aromatic rings. The van der Waals surface area contributed by atoms with Crippen LogP contribution in [0.15, 0.2) is 0 Å². The van der Waals surface area contributed by atoms with E-state index in [0.717, 1.165) is 5.06 Å². The van der Waals surface area contributed by atoms with E-state index in [1.54, 1.807) is 0 Å². The molecule has 1 saturated heterocycles. The van der Waals surface area contributed by atoms with Crippen LogP contribution in [0.5, 0.6) is 0 Å². The second kappa shape index (κ2) is 4.36. The van der Waals surface area contributed by atoms with Gasteiger partial charge in [-0.05, 0) is 0 Å². The monoisotopic (exact) mass is 205 g/mol. The average Bonchev–Trinajstić information content (AvgIpc) is 2.13. The molecule has 1 aliphatic rings. The second-order valence-electron chi connectivity index (χ2n) is 2.89. The summed E-state index contributed by atoms with van der Waals surface area (Å²) >= 11 is 0. The molecule has 1 heterocycles. The lowest BCUT2D eigenvalue weighted by molar-refractivity contribution is -0.234. The molecule has 2 atom stereocenters. The van der Waals surface area contributed by atoms with E-state index in [1.165, 1.54) is 0 Å². The van der Waals surface area contributed by atoms with Gasteiger partial charge in [-0.3, -0.25) is 14.4 Å². The summed E-state index contributed by atoms with van der Waals surface area (Å²) in [6.45, 7) is -0.357. The SMILES string of the molecule is O=C(O)CCN1OC[C@@H](O)[C@@H](O)C1=O. The number of rotatable bonds is 3. The number of hydroxylamine groups is 2. The van der Waals surface area contributed by atoms with Crippen LogP contribution in [0.25, 0.3) is 0 Å². The van der Waals surface area contributed by atoms with Gasteiger partial charge in [-0.15, -0.1) is 0 Å². The highest BCUT2D eigenvalue weighted by atomic mass is 16.7. The summed E-state index contributed by atoms with van der Waals surface area (Å²) in [6, 6.07) is 0. The third-order valence-corrected chi connectivity index (χ3v) is 1.79. The van der Waals surface area contributed by atoms with E-state index >= 15 is 0 Å². The maximum Gasteiger partial charge on any atom is 0.305 e. The van der Waals surface area contributed by atoms with E-state index in [4.69, 9.17) is 20.2 Å². The topological polar surface area (TPSA) is 107 Å². The zero-order chi connectivity index (χ0) is 10.7. The van der Waals surface area contributed by atoms with Crippen LogP contribution in [0.3, 0.4) is 0 Å². The summed E-state index contributed by atoms with van der Waals surface area (Å²) in [5, 5.41) is 27.2. The average molecular weight is 205 g/mol. The molecule has 14 heavy (non-hydrogen) atoms. The number of aliphatic carboxylic acids is 1. The quantitative estimate of drug-likeness (QED) is 0.490. The van der Waals surface area contributed by atoms with Gasteiger partial charge in [0.15, 0.2) is 6.10 Å². The number of hydrogen-bond acceptors (Lipinski definition) is 5. The van der Waals surface area contributed by atoms with Gasteiger partial charge in [-0.2, -0.15) is 0 Å². The molecule has 1 aliphatic heterocycles. The number of carbonyl (C=O) groups excluding carboxylic acids is 1. The Balaban J connectivity index is 2.47. The molecule has 3 N–H and O–H groups in total. The molecule has 0 aliphatic carbocycles. The molecule has 0 aromatic carbocycles. The fourth-order valence-electron chi connectivity index (χ4n) is 1.01. The van der Waals surface area contributed by atoms with E-state index < -0.39 is 24.1 Å². The molecule has 0 saturated carbocycles. The molecule has 7 heteroatoms. The van der Waals surface area contributed by atoms with Crippen LogP contribution in [0.2, 0.25) is 0 Å². The second-order valence-corrected chi connectivity index (χ2v) is 2.89. The number of carbonyl (C=O) groups is 2. The first kappa shape index (κ1) is 10.9. The molecule has 1 fully saturated rings. The Morgan fingerprint density at radius 3 is 2.79 bits per heavy atom. The zero-order valence-corrected chi connectivity index (χ0v) is 7.29. The van der Waals surface area contributed by atoms with Gasteiger partial charge in [-0.25, -0.2) is 5.06 Å². The Bertz CT molecular complexity index is 242. The van der Waals surface area contributed by atoms with Crippen LogP contribution in [0, 0.1) is 0 Å². The number of hydrogen-bond donors (Lipinski definition) is 3. The fourth-order valence-corrected chi connectivity index (χ4v) is 1.01. The van der Waals surface area contributed by atoms with Crippen molar-refractivity contribution in [2.45, 2.75) is 18.6 Å². The minimum Gasteiger partial charge on any atom is -0.481 e. The van der Waals surface area contributed by atoms with Crippen molar-refractivity contribution in [3.05, 3.63) is 0 Å². The molecule has 7 nitrogen and oxygen atoms in total. The van der Waals surface area contributed by atoms with Gasteiger partial charge in [0.25, 0.3) is 5.91 Å². The summed E-state index contributed by atoms with van der Waals surface area (Å²) in [5.41, 5.74) is 0. The third kappa shape index (κ3) is 2.41. The lowest BCUT2D eigenvalue weighted by Crippen LogP contribution is -2.53. The van der Waals surface area contributed by atoms with Crippen molar-refractivity contribution < 1.29 is 29.7 Å². The summed E-state index contributed by atoms with van der Waals surface area (Å²) in [4.78, 5) is 26.1. The van der Waals surface area contributed by atoms with Crippen molar-refractivity contribution in [1.82, 2.24) is 5.06 Å². The first-order valence-electron chi connectivity index (χ1n) is 4.04. The minimum atomic E-state index is -1.53. The normalized spacial score (nSPS) is 27.9. The van der Waals surface area contributed by atoms with Gasteiger partial charge < -0.3 is 15.3 Å². The molecule has 0 spiro atoms. The summed E-state index contributed by atoms with van der Waals surface area (Å²) in [5.74, 6) is -1.88. The first-order chi connectivity index (χ1) is 6.52. The number of carboxylic acids is 1. The Kier molecular flexibility index (Phi) is 3.39. The van der Waals surface area contributed by atoms with Gasteiger partial charge in [0, 0.05) is 0 Å². The molecule has 0 aromatic heterocycles. The zero-order valence-electron chi connectivity index (χ0n) is 7.29. The fraction of sp³-hybridized carbons (Fsp3) is 0.714. The Hall–Kier alpha value is -1.18. The smallest absolute Gasteiger partial charge is 0.305 e. The minimum absolute atomic E-state index is 0.141.